The van der Waals surface area contributed by atoms with Crippen LogP contribution in [-0.4, -0.2) is 15.3 Å². The van der Waals surface area contributed by atoms with Crippen molar-refractivity contribution in [3.8, 4) is 28.7 Å². The van der Waals surface area contributed by atoms with Crippen molar-refractivity contribution in [2.45, 2.75) is 34.6 Å². The maximum absolute atomic E-state index is 10.4. The Morgan fingerprint density at radius 2 is 1.18 bits per heavy atom. The molecular formula is C29H29NO4. The van der Waals surface area contributed by atoms with Gasteiger partial charge in [-0.1, -0.05) is 18.2 Å². The number of anilines is 3. The lowest BCUT2D eigenvalue weighted by Gasteiger charge is -2.30. The Hall–Kier alpha value is -4.12. The van der Waals surface area contributed by atoms with E-state index < -0.39 is 0 Å². The topological polar surface area (TPSA) is 73.2 Å². The molecule has 0 saturated carbocycles. The van der Waals surface area contributed by atoms with Crippen molar-refractivity contribution in [2.24, 2.45) is 0 Å². The van der Waals surface area contributed by atoms with Crippen molar-refractivity contribution in [3.63, 3.8) is 0 Å². The van der Waals surface area contributed by atoms with Crippen LogP contribution in [0.15, 0.2) is 66.7 Å². The molecule has 0 heterocycles. The van der Waals surface area contributed by atoms with Crippen LogP contribution < -0.4 is 9.64 Å². The van der Waals surface area contributed by atoms with Crippen LogP contribution in [0.5, 0.6) is 28.7 Å². The van der Waals surface area contributed by atoms with E-state index in [1.54, 1.807) is 36.4 Å². The first kappa shape index (κ1) is 23.1. The lowest BCUT2D eigenvalue weighted by molar-refractivity contribution is 0.409. The number of aromatic hydroxyl groups is 3. The molecule has 0 radical (unpaired) electrons. The Morgan fingerprint density at radius 1 is 0.618 bits per heavy atom. The maximum Gasteiger partial charge on any atom is 0.171 e. The molecule has 5 nitrogen and oxygen atoms in total. The third-order valence-corrected chi connectivity index (χ3v) is 6.22. The highest BCUT2D eigenvalue weighted by Crippen LogP contribution is 2.44. The van der Waals surface area contributed by atoms with Crippen molar-refractivity contribution in [1.29, 1.82) is 0 Å². The zero-order chi connectivity index (χ0) is 24.6. The number of hydrogen-bond donors (Lipinski definition) is 3. The Morgan fingerprint density at radius 3 is 1.74 bits per heavy atom. The number of phenolic OH excluding ortho intramolecular Hbond substituents is 3. The molecule has 0 spiro atoms. The van der Waals surface area contributed by atoms with Crippen LogP contribution in [0.4, 0.5) is 17.1 Å². The summed E-state index contributed by atoms with van der Waals surface area (Å²) in [5.41, 5.74) is 7.09. The van der Waals surface area contributed by atoms with Crippen LogP contribution >= 0.6 is 0 Å². The van der Waals surface area contributed by atoms with E-state index in [9.17, 15) is 15.3 Å². The number of nitrogens with zero attached hydrogens (tertiary/aromatic N) is 1. The first-order valence-electron chi connectivity index (χ1n) is 11.1. The van der Waals surface area contributed by atoms with Gasteiger partial charge in [-0.25, -0.2) is 0 Å². The normalized spacial score (nSPS) is 10.9. The fraction of sp³-hybridized carbons (Fsp3) is 0.172. The lowest BCUT2D eigenvalue weighted by Crippen LogP contribution is -2.14. The molecule has 0 fully saturated rings. The maximum atomic E-state index is 10.4. The summed E-state index contributed by atoms with van der Waals surface area (Å²) in [4.78, 5) is 2.01. The van der Waals surface area contributed by atoms with Crippen LogP contribution in [0.1, 0.15) is 27.8 Å². The van der Waals surface area contributed by atoms with E-state index in [-0.39, 0.29) is 17.2 Å². The highest BCUT2D eigenvalue weighted by molar-refractivity contribution is 5.83. The van der Waals surface area contributed by atoms with Gasteiger partial charge in [0.25, 0.3) is 0 Å². The van der Waals surface area contributed by atoms with Gasteiger partial charge in [0.05, 0.1) is 11.4 Å². The van der Waals surface area contributed by atoms with Crippen molar-refractivity contribution >= 4 is 17.1 Å². The molecule has 0 unspecified atom stereocenters. The molecular weight excluding hydrogens is 426 g/mol. The van der Waals surface area contributed by atoms with Crippen LogP contribution in [0, 0.1) is 34.6 Å². The van der Waals surface area contributed by atoms with Crippen molar-refractivity contribution in [1.82, 2.24) is 0 Å². The van der Waals surface area contributed by atoms with Crippen LogP contribution in [0.2, 0.25) is 0 Å². The number of benzene rings is 4. The monoisotopic (exact) mass is 455 g/mol. The summed E-state index contributed by atoms with van der Waals surface area (Å²) in [7, 11) is 0. The second-order valence-corrected chi connectivity index (χ2v) is 8.67. The number of para-hydroxylation sites is 1. The molecule has 0 atom stereocenters. The van der Waals surface area contributed by atoms with Crippen molar-refractivity contribution < 1.29 is 20.1 Å². The van der Waals surface area contributed by atoms with Gasteiger partial charge < -0.3 is 25.0 Å². The van der Waals surface area contributed by atoms with Crippen LogP contribution in [-0.2, 0) is 0 Å². The first-order chi connectivity index (χ1) is 16.2. The van der Waals surface area contributed by atoms with E-state index in [1.807, 2.05) is 69.9 Å². The average molecular weight is 456 g/mol. The number of ether oxygens (including phenoxy) is 1. The molecule has 4 rings (SSSR count). The van der Waals surface area contributed by atoms with Gasteiger partial charge in [0, 0.05) is 23.9 Å². The zero-order valence-electron chi connectivity index (χ0n) is 20.0. The molecule has 0 aliphatic rings. The quantitative estimate of drug-likeness (QED) is 0.289. The summed E-state index contributed by atoms with van der Waals surface area (Å²) in [6, 6.07) is 19.7. The summed E-state index contributed by atoms with van der Waals surface area (Å²) >= 11 is 0. The molecule has 34 heavy (non-hydrogen) atoms. The standard InChI is InChI=1S/C29H29NO4/c1-17-8-6-11-28(33)29(17)34-25-10-7-9-22(14-25)30(26-15-23(31)12-18(2)20(26)4)27-16-24(32)13-19(3)21(27)5/h6-16,31-33H,1-5H3. The van der Waals surface area contributed by atoms with Gasteiger partial charge in [-0.2, -0.15) is 0 Å². The third-order valence-electron chi connectivity index (χ3n) is 6.22. The zero-order valence-corrected chi connectivity index (χ0v) is 20.0. The second kappa shape index (κ2) is 9.02. The first-order valence-corrected chi connectivity index (χ1v) is 11.1. The molecule has 0 aliphatic carbocycles. The highest BCUT2D eigenvalue weighted by atomic mass is 16.5. The van der Waals surface area contributed by atoms with E-state index in [4.69, 9.17) is 4.74 Å². The van der Waals surface area contributed by atoms with E-state index in [2.05, 4.69) is 0 Å². The van der Waals surface area contributed by atoms with E-state index in [0.717, 1.165) is 44.9 Å². The van der Waals surface area contributed by atoms with Crippen LogP contribution in [0.3, 0.4) is 0 Å². The predicted molar refractivity (Wildman–Crippen MR) is 136 cm³/mol. The smallest absolute Gasteiger partial charge is 0.171 e. The molecule has 3 N–H and O–H groups in total. The average Bonchev–Trinajstić information content (AvgIpc) is 2.78. The van der Waals surface area contributed by atoms with E-state index >= 15 is 0 Å². The molecule has 5 heteroatoms. The summed E-state index contributed by atoms with van der Waals surface area (Å²) < 4.78 is 6.08. The molecule has 0 bridgehead atoms. The van der Waals surface area contributed by atoms with Crippen LogP contribution in [0.25, 0.3) is 0 Å². The minimum atomic E-state index is 0.0705. The summed E-state index contributed by atoms with van der Waals surface area (Å²) in [6.07, 6.45) is 0. The summed E-state index contributed by atoms with van der Waals surface area (Å²) in [6.45, 7) is 9.81. The fourth-order valence-corrected chi connectivity index (χ4v) is 4.09. The Kier molecular flexibility index (Phi) is 6.12. The molecule has 0 aromatic heterocycles. The van der Waals surface area contributed by atoms with Gasteiger partial charge in [-0.05, 0) is 92.8 Å². The van der Waals surface area contributed by atoms with Crippen molar-refractivity contribution in [2.75, 3.05) is 4.90 Å². The number of hydrogen-bond acceptors (Lipinski definition) is 5. The number of rotatable bonds is 5. The predicted octanol–water partition coefficient (Wildman–Crippen LogP) is 7.61. The number of phenols is 3. The summed E-state index contributed by atoms with van der Waals surface area (Å²) in [5, 5.41) is 31.1. The van der Waals surface area contributed by atoms with Gasteiger partial charge in [0.15, 0.2) is 11.5 Å². The third kappa shape index (κ3) is 4.37. The van der Waals surface area contributed by atoms with E-state index in [0.29, 0.717) is 11.5 Å². The van der Waals surface area contributed by atoms with Gasteiger partial charge >= 0.3 is 0 Å². The van der Waals surface area contributed by atoms with E-state index in [1.165, 1.54) is 0 Å². The van der Waals surface area contributed by atoms with Gasteiger partial charge in [0.2, 0.25) is 0 Å². The molecule has 174 valence electrons. The molecule has 4 aromatic rings. The largest absolute Gasteiger partial charge is 0.508 e. The second-order valence-electron chi connectivity index (χ2n) is 8.67. The lowest BCUT2D eigenvalue weighted by atomic mass is 10.0. The molecule has 0 saturated heterocycles. The molecule has 4 aromatic carbocycles. The number of aryl methyl sites for hydroxylation is 3. The highest BCUT2D eigenvalue weighted by Gasteiger charge is 2.21. The van der Waals surface area contributed by atoms with Gasteiger partial charge in [0.1, 0.15) is 17.2 Å². The van der Waals surface area contributed by atoms with Crippen molar-refractivity contribution in [3.05, 3.63) is 94.5 Å². The Balaban J connectivity index is 1.92. The molecule has 0 aliphatic heterocycles. The Bertz CT molecular complexity index is 1300. The fourth-order valence-electron chi connectivity index (χ4n) is 4.09. The Labute approximate surface area is 200 Å². The minimum Gasteiger partial charge on any atom is -0.508 e. The minimum absolute atomic E-state index is 0.0705. The summed E-state index contributed by atoms with van der Waals surface area (Å²) in [5.74, 6) is 1.35. The molecule has 0 amide bonds. The SMILES string of the molecule is Cc1cc(O)cc(N(c2cccc(Oc3c(C)cccc3O)c2)c2cc(O)cc(C)c2C)c1C. The van der Waals surface area contributed by atoms with Gasteiger partial charge in [-0.15, -0.1) is 0 Å². The van der Waals surface area contributed by atoms with Gasteiger partial charge in [-0.3, -0.25) is 0 Å².